The van der Waals surface area contributed by atoms with Crippen molar-refractivity contribution >= 4 is 16.9 Å². The van der Waals surface area contributed by atoms with Crippen LogP contribution in [0, 0.1) is 0 Å². The number of aromatic nitrogens is 2. The van der Waals surface area contributed by atoms with Gasteiger partial charge in [-0.1, -0.05) is 57.2 Å². The van der Waals surface area contributed by atoms with Crippen molar-refractivity contribution in [3.05, 3.63) is 65.5 Å². The first-order valence-corrected chi connectivity index (χ1v) is 10.2. The fourth-order valence-electron chi connectivity index (χ4n) is 4.22. The van der Waals surface area contributed by atoms with Gasteiger partial charge in [0.25, 0.3) is 0 Å². The number of imidazole rings is 1. The number of hydrogen-bond donors (Lipinski definition) is 0. The van der Waals surface area contributed by atoms with Crippen LogP contribution in [0.5, 0.6) is 0 Å². The van der Waals surface area contributed by atoms with Crippen molar-refractivity contribution in [1.29, 1.82) is 0 Å². The number of likely N-dealkylation sites (tertiary alicyclic amines) is 1. The molecule has 1 amide bonds. The zero-order valence-electron chi connectivity index (χ0n) is 17.3. The van der Waals surface area contributed by atoms with E-state index in [0.717, 1.165) is 42.8 Å². The Kier molecular flexibility index (Phi) is 4.74. The summed E-state index contributed by atoms with van der Waals surface area (Å²) in [6.07, 6.45) is 2.01. The number of carbonyl (C=O) groups is 1. The van der Waals surface area contributed by atoms with E-state index < -0.39 is 0 Å². The first-order chi connectivity index (χ1) is 13.3. The second-order valence-corrected chi connectivity index (χ2v) is 8.86. The van der Waals surface area contributed by atoms with E-state index in [1.54, 1.807) is 6.92 Å². The van der Waals surface area contributed by atoms with Gasteiger partial charge in [0.15, 0.2) is 0 Å². The quantitative estimate of drug-likeness (QED) is 0.641. The largest absolute Gasteiger partial charge is 0.333 e. The minimum atomic E-state index is 0.0683. The van der Waals surface area contributed by atoms with Crippen LogP contribution in [0.4, 0.5) is 0 Å². The highest BCUT2D eigenvalue weighted by molar-refractivity contribution is 5.77. The normalized spacial score (nSPS) is 17.4. The minimum Gasteiger partial charge on any atom is -0.333 e. The topological polar surface area (TPSA) is 38.1 Å². The molecule has 0 saturated carbocycles. The highest BCUT2D eigenvalue weighted by atomic mass is 16.2. The van der Waals surface area contributed by atoms with Crippen molar-refractivity contribution in [2.45, 2.75) is 58.5 Å². The third-order valence-electron chi connectivity index (χ3n) is 5.80. The molecule has 1 saturated heterocycles. The van der Waals surface area contributed by atoms with E-state index in [1.807, 2.05) is 11.0 Å². The lowest BCUT2D eigenvalue weighted by Gasteiger charge is -2.24. The molecule has 0 radical (unpaired) electrons. The summed E-state index contributed by atoms with van der Waals surface area (Å²) in [5.41, 5.74) is 4.87. The molecule has 0 unspecified atom stereocenters. The van der Waals surface area contributed by atoms with Crippen LogP contribution in [0.25, 0.3) is 11.0 Å². The van der Waals surface area contributed by atoms with Gasteiger partial charge in [0.2, 0.25) is 5.91 Å². The molecule has 4 nitrogen and oxygen atoms in total. The van der Waals surface area contributed by atoms with E-state index in [2.05, 4.69) is 67.8 Å². The molecule has 1 atom stereocenters. The van der Waals surface area contributed by atoms with Crippen LogP contribution >= 0.6 is 0 Å². The molecule has 3 aromatic rings. The lowest BCUT2D eigenvalue weighted by atomic mass is 9.87. The number of fused-ring (bicyclic) bond motifs is 1. The van der Waals surface area contributed by atoms with E-state index in [-0.39, 0.29) is 17.4 Å². The zero-order valence-corrected chi connectivity index (χ0v) is 17.3. The fraction of sp³-hybridized carbons (Fsp3) is 0.417. The highest BCUT2D eigenvalue weighted by Gasteiger charge is 2.32. The summed E-state index contributed by atoms with van der Waals surface area (Å²) in [6, 6.07) is 17.2. The molecule has 28 heavy (non-hydrogen) atoms. The first kappa shape index (κ1) is 18.7. The van der Waals surface area contributed by atoms with E-state index in [0.29, 0.717) is 0 Å². The minimum absolute atomic E-state index is 0.0683. The van der Waals surface area contributed by atoms with Gasteiger partial charge in [-0.3, -0.25) is 4.79 Å². The molecule has 2 heterocycles. The highest BCUT2D eigenvalue weighted by Crippen LogP contribution is 2.34. The maximum Gasteiger partial charge on any atom is 0.220 e. The number of carbonyl (C=O) groups excluding carboxylic acids is 1. The van der Waals surface area contributed by atoms with Crippen LogP contribution in [0.1, 0.15) is 63.5 Å². The zero-order chi connectivity index (χ0) is 19.9. The molecule has 2 aromatic carbocycles. The molecule has 146 valence electrons. The second-order valence-electron chi connectivity index (χ2n) is 8.86. The van der Waals surface area contributed by atoms with Crippen LogP contribution in [-0.4, -0.2) is 26.9 Å². The van der Waals surface area contributed by atoms with Gasteiger partial charge in [-0.05, 0) is 41.5 Å². The monoisotopic (exact) mass is 375 g/mol. The van der Waals surface area contributed by atoms with Crippen LogP contribution < -0.4 is 0 Å². The molecule has 1 aliphatic heterocycles. The Labute approximate surface area is 167 Å². The van der Waals surface area contributed by atoms with Crippen molar-refractivity contribution in [3.8, 4) is 0 Å². The van der Waals surface area contributed by atoms with E-state index in [9.17, 15) is 4.79 Å². The number of nitrogens with zero attached hydrogens (tertiary/aromatic N) is 3. The summed E-state index contributed by atoms with van der Waals surface area (Å²) >= 11 is 0. The van der Waals surface area contributed by atoms with Crippen LogP contribution in [0.3, 0.4) is 0 Å². The number of rotatable bonds is 3. The van der Waals surface area contributed by atoms with Crippen molar-refractivity contribution in [2.24, 2.45) is 0 Å². The molecule has 0 N–H and O–H groups in total. The molecule has 0 bridgehead atoms. The molecule has 1 fully saturated rings. The number of hydrogen-bond acceptors (Lipinski definition) is 2. The van der Waals surface area contributed by atoms with Gasteiger partial charge < -0.3 is 9.47 Å². The average Bonchev–Trinajstić information content (AvgIpc) is 3.26. The lowest BCUT2D eigenvalue weighted by Crippen LogP contribution is -2.30. The lowest BCUT2D eigenvalue weighted by molar-refractivity contribution is -0.129. The predicted molar refractivity (Wildman–Crippen MR) is 113 cm³/mol. The van der Waals surface area contributed by atoms with Crippen molar-refractivity contribution in [1.82, 2.24) is 14.5 Å². The molecule has 1 aromatic heterocycles. The first-order valence-electron chi connectivity index (χ1n) is 10.2. The molecule has 4 rings (SSSR count). The van der Waals surface area contributed by atoms with Gasteiger partial charge in [0, 0.05) is 20.0 Å². The van der Waals surface area contributed by atoms with Crippen molar-refractivity contribution in [3.63, 3.8) is 0 Å². The molecule has 0 spiro atoms. The summed E-state index contributed by atoms with van der Waals surface area (Å²) in [6.45, 7) is 9.96. The van der Waals surface area contributed by atoms with Gasteiger partial charge in [-0.25, -0.2) is 4.98 Å². The number of benzene rings is 2. The van der Waals surface area contributed by atoms with Gasteiger partial charge >= 0.3 is 0 Å². The van der Waals surface area contributed by atoms with Gasteiger partial charge in [0.05, 0.1) is 17.1 Å². The molecule has 1 aliphatic rings. The SMILES string of the molecule is CC(=O)N1CCC[C@@H]1c1nc2ccccc2n1Cc1ccc(C(C)(C)C)cc1. The fourth-order valence-corrected chi connectivity index (χ4v) is 4.22. The Morgan fingerprint density at radius 1 is 1.11 bits per heavy atom. The van der Waals surface area contributed by atoms with Crippen LogP contribution in [-0.2, 0) is 16.8 Å². The standard InChI is InChI=1S/C24H29N3O/c1-17(28)26-15-7-10-22(26)23-25-20-8-5-6-9-21(20)27(23)16-18-11-13-19(14-12-18)24(2,3)4/h5-6,8-9,11-14,22H,7,10,15-16H2,1-4H3/t22-/m1/s1. The van der Waals surface area contributed by atoms with E-state index >= 15 is 0 Å². The number of amides is 1. The third-order valence-corrected chi connectivity index (χ3v) is 5.80. The van der Waals surface area contributed by atoms with Gasteiger partial charge in [-0.2, -0.15) is 0 Å². The Balaban J connectivity index is 1.74. The maximum absolute atomic E-state index is 12.1. The van der Waals surface area contributed by atoms with Crippen LogP contribution in [0.15, 0.2) is 48.5 Å². The van der Waals surface area contributed by atoms with Gasteiger partial charge in [0.1, 0.15) is 5.82 Å². The predicted octanol–water partition coefficient (Wildman–Crippen LogP) is 5.07. The smallest absolute Gasteiger partial charge is 0.220 e. The third kappa shape index (κ3) is 3.44. The molecular weight excluding hydrogens is 346 g/mol. The Bertz CT molecular complexity index is 995. The Hall–Kier alpha value is -2.62. The van der Waals surface area contributed by atoms with Crippen LogP contribution in [0.2, 0.25) is 0 Å². The summed E-state index contributed by atoms with van der Waals surface area (Å²) in [7, 11) is 0. The number of para-hydroxylation sites is 2. The molecule has 0 aliphatic carbocycles. The molecular formula is C24H29N3O. The van der Waals surface area contributed by atoms with E-state index in [1.165, 1.54) is 11.1 Å². The van der Waals surface area contributed by atoms with Crippen molar-refractivity contribution < 1.29 is 4.79 Å². The Morgan fingerprint density at radius 2 is 1.82 bits per heavy atom. The van der Waals surface area contributed by atoms with Crippen molar-refractivity contribution in [2.75, 3.05) is 6.54 Å². The second kappa shape index (κ2) is 7.08. The summed E-state index contributed by atoms with van der Waals surface area (Å²) in [5.74, 6) is 1.14. The summed E-state index contributed by atoms with van der Waals surface area (Å²) < 4.78 is 2.30. The maximum atomic E-state index is 12.1. The summed E-state index contributed by atoms with van der Waals surface area (Å²) in [5, 5.41) is 0. The molecule has 4 heteroatoms. The van der Waals surface area contributed by atoms with E-state index in [4.69, 9.17) is 4.98 Å². The summed E-state index contributed by atoms with van der Waals surface area (Å²) in [4.78, 5) is 19.1. The Morgan fingerprint density at radius 3 is 2.50 bits per heavy atom. The average molecular weight is 376 g/mol. The van der Waals surface area contributed by atoms with Gasteiger partial charge in [-0.15, -0.1) is 0 Å².